The summed E-state index contributed by atoms with van der Waals surface area (Å²) < 4.78 is 5.63. The summed E-state index contributed by atoms with van der Waals surface area (Å²) in [6.45, 7) is 3.97. The van der Waals surface area contributed by atoms with Gasteiger partial charge in [0.2, 0.25) is 5.91 Å². The van der Waals surface area contributed by atoms with Crippen molar-refractivity contribution >= 4 is 34.7 Å². The summed E-state index contributed by atoms with van der Waals surface area (Å²) in [7, 11) is 0. The minimum Gasteiger partial charge on any atom is -0.494 e. The Morgan fingerprint density at radius 2 is 1.77 bits per heavy atom. The van der Waals surface area contributed by atoms with Crippen molar-refractivity contribution in [3.63, 3.8) is 0 Å². The van der Waals surface area contributed by atoms with Crippen molar-refractivity contribution in [1.82, 2.24) is 4.90 Å². The molecule has 164 valence electrons. The Labute approximate surface area is 185 Å². The van der Waals surface area contributed by atoms with Crippen LogP contribution in [0.1, 0.15) is 30.1 Å². The maximum absolute atomic E-state index is 12.5. The number of ketones is 1. The van der Waals surface area contributed by atoms with Gasteiger partial charge in [-0.1, -0.05) is 11.6 Å². The Hall–Kier alpha value is -3.13. The number of hydrogen-bond acceptors (Lipinski definition) is 6. The van der Waals surface area contributed by atoms with Crippen LogP contribution < -0.4 is 9.64 Å². The zero-order valence-corrected chi connectivity index (χ0v) is 18.0. The quantitative estimate of drug-likeness (QED) is 0.264. The molecule has 1 aliphatic rings. The highest BCUT2D eigenvalue weighted by atomic mass is 35.5. The van der Waals surface area contributed by atoms with Crippen LogP contribution in [0.4, 0.5) is 11.4 Å². The summed E-state index contributed by atoms with van der Waals surface area (Å²) in [5.74, 6) is 0.708. The molecule has 8 nitrogen and oxygen atoms in total. The molecule has 3 rings (SSSR count). The first kappa shape index (κ1) is 22.6. The predicted molar refractivity (Wildman–Crippen MR) is 118 cm³/mol. The van der Waals surface area contributed by atoms with Crippen molar-refractivity contribution in [2.75, 3.05) is 37.7 Å². The standard InChI is InChI=1S/C22H24ClN3O5/c1-16(27)17-4-7-19(8-5-17)31-14-2-3-22(28)25-12-10-24(11-13-25)20-9-6-18(23)15-21(20)26(29)30/h4-9,15H,2-3,10-14H2,1H3. The molecule has 1 fully saturated rings. The molecule has 0 atom stereocenters. The molecule has 31 heavy (non-hydrogen) atoms. The van der Waals surface area contributed by atoms with E-state index in [0.717, 1.165) is 0 Å². The number of Topliss-reactive ketones (excluding diaryl/α,β-unsaturated/α-hetero) is 1. The first-order valence-corrected chi connectivity index (χ1v) is 10.4. The molecule has 9 heteroatoms. The summed E-state index contributed by atoms with van der Waals surface area (Å²) in [5, 5.41) is 11.6. The molecule has 2 aromatic carbocycles. The van der Waals surface area contributed by atoms with Crippen LogP contribution in [0.15, 0.2) is 42.5 Å². The van der Waals surface area contributed by atoms with Gasteiger partial charge in [0.25, 0.3) is 5.69 Å². The maximum Gasteiger partial charge on any atom is 0.294 e. The Balaban J connectivity index is 1.43. The summed E-state index contributed by atoms with van der Waals surface area (Å²) in [5.41, 5.74) is 1.12. The number of rotatable bonds is 8. The Bertz CT molecular complexity index is 956. The Kier molecular flexibility index (Phi) is 7.46. The highest BCUT2D eigenvalue weighted by Crippen LogP contribution is 2.31. The van der Waals surface area contributed by atoms with Crippen molar-refractivity contribution in [2.24, 2.45) is 0 Å². The van der Waals surface area contributed by atoms with Gasteiger partial charge in [-0.3, -0.25) is 19.7 Å². The Morgan fingerprint density at radius 3 is 2.39 bits per heavy atom. The van der Waals surface area contributed by atoms with Gasteiger partial charge in [0.15, 0.2) is 5.78 Å². The van der Waals surface area contributed by atoms with E-state index in [1.54, 1.807) is 41.3 Å². The number of nitro benzene ring substituents is 1. The fourth-order valence-corrected chi connectivity index (χ4v) is 3.63. The van der Waals surface area contributed by atoms with E-state index in [-0.39, 0.29) is 17.4 Å². The number of piperazine rings is 1. The first-order chi connectivity index (χ1) is 14.8. The summed E-state index contributed by atoms with van der Waals surface area (Å²) in [6.07, 6.45) is 0.947. The van der Waals surface area contributed by atoms with Gasteiger partial charge >= 0.3 is 0 Å². The third-order valence-electron chi connectivity index (χ3n) is 5.17. The van der Waals surface area contributed by atoms with E-state index in [4.69, 9.17) is 16.3 Å². The lowest BCUT2D eigenvalue weighted by molar-refractivity contribution is -0.384. The smallest absolute Gasteiger partial charge is 0.294 e. The lowest BCUT2D eigenvalue weighted by atomic mass is 10.1. The molecular formula is C22H24ClN3O5. The first-order valence-electron chi connectivity index (χ1n) is 10.1. The van der Waals surface area contributed by atoms with Gasteiger partial charge in [0.05, 0.1) is 11.5 Å². The molecular weight excluding hydrogens is 422 g/mol. The van der Waals surface area contributed by atoms with Crippen LogP contribution in [0.3, 0.4) is 0 Å². The summed E-state index contributed by atoms with van der Waals surface area (Å²) >= 11 is 5.88. The van der Waals surface area contributed by atoms with Crippen LogP contribution >= 0.6 is 11.6 Å². The van der Waals surface area contributed by atoms with Crippen molar-refractivity contribution in [3.05, 3.63) is 63.2 Å². The van der Waals surface area contributed by atoms with Crippen LogP contribution in [0.25, 0.3) is 0 Å². The molecule has 0 aromatic heterocycles. The van der Waals surface area contributed by atoms with E-state index in [2.05, 4.69) is 0 Å². The van der Waals surface area contributed by atoms with Crippen molar-refractivity contribution in [3.8, 4) is 5.75 Å². The Morgan fingerprint density at radius 1 is 1.10 bits per heavy atom. The molecule has 1 amide bonds. The molecule has 0 spiro atoms. The van der Waals surface area contributed by atoms with Crippen molar-refractivity contribution in [2.45, 2.75) is 19.8 Å². The van der Waals surface area contributed by atoms with Gasteiger partial charge in [-0.25, -0.2) is 0 Å². The largest absolute Gasteiger partial charge is 0.494 e. The maximum atomic E-state index is 12.5. The number of carbonyl (C=O) groups excluding carboxylic acids is 2. The number of benzene rings is 2. The molecule has 0 saturated carbocycles. The van der Waals surface area contributed by atoms with Gasteiger partial charge in [-0.2, -0.15) is 0 Å². The highest BCUT2D eigenvalue weighted by Gasteiger charge is 2.25. The molecule has 2 aromatic rings. The molecule has 0 aliphatic carbocycles. The number of halogens is 1. The van der Waals surface area contributed by atoms with Crippen LogP contribution in [-0.2, 0) is 4.79 Å². The van der Waals surface area contributed by atoms with E-state index < -0.39 is 4.92 Å². The van der Waals surface area contributed by atoms with Gasteiger partial charge in [0.1, 0.15) is 11.4 Å². The number of anilines is 1. The van der Waals surface area contributed by atoms with E-state index >= 15 is 0 Å². The monoisotopic (exact) mass is 445 g/mol. The number of amides is 1. The topological polar surface area (TPSA) is 93.0 Å². The highest BCUT2D eigenvalue weighted by molar-refractivity contribution is 6.30. The third-order valence-corrected chi connectivity index (χ3v) is 5.41. The fourth-order valence-electron chi connectivity index (χ4n) is 3.46. The van der Waals surface area contributed by atoms with Crippen LogP contribution in [0, 0.1) is 10.1 Å². The second-order valence-corrected chi connectivity index (χ2v) is 7.73. The van der Waals surface area contributed by atoms with E-state index in [0.29, 0.717) is 67.7 Å². The molecule has 0 N–H and O–H groups in total. The van der Waals surface area contributed by atoms with E-state index in [1.165, 1.54) is 13.0 Å². The lowest BCUT2D eigenvalue weighted by Gasteiger charge is -2.35. The number of nitro groups is 1. The summed E-state index contributed by atoms with van der Waals surface area (Å²) in [4.78, 5) is 38.3. The predicted octanol–water partition coefficient (Wildman–Crippen LogP) is 3.96. The molecule has 1 aliphatic heterocycles. The van der Waals surface area contributed by atoms with E-state index in [1.807, 2.05) is 4.90 Å². The normalized spacial score (nSPS) is 13.7. The lowest BCUT2D eigenvalue weighted by Crippen LogP contribution is -2.49. The minimum absolute atomic E-state index is 0.00270. The third kappa shape index (κ3) is 5.95. The molecule has 1 saturated heterocycles. The second kappa shape index (κ2) is 10.3. The molecule has 0 bridgehead atoms. The average molecular weight is 446 g/mol. The minimum atomic E-state index is -0.438. The van der Waals surface area contributed by atoms with Gasteiger partial charge in [-0.15, -0.1) is 0 Å². The van der Waals surface area contributed by atoms with Crippen LogP contribution in [0.2, 0.25) is 5.02 Å². The van der Waals surface area contributed by atoms with Gasteiger partial charge in [-0.05, 0) is 49.7 Å². The SMILES string of the molecule is CC(=O)c1ccc(OCCCC(=O)N2CCN(c3ccc(Cl)cc3[N+](=O)[O-])CC2)cc1. The molecule has 0 radical (unpaired) electrons. The van der Waals surface area contributed by atoms with Crippen LogP contribution in [0.5, 0.6) is 5.75 Å². The zero-order chi connectivity index (χ0) is 22.4. The second-order valence-electron chi connectivity index (χ2n) is 7.29. The van der Waals surface area contributed by atoms with Gasteiger partial charge < -0.3 is 14.5 Å². The van der Waals surface area contributed by atoms with Crippen molar-refractivity contribution < 1.29 is 19.2 Å². The zero-order valence-electron chi connectivity index (χ0n) is 17.3. The fraction of sp³-hybridized carbons (Fsp3) is 0.364. The van der Waals surface area contributed by atoms with Gasteiger partial charge in [0, 0.05) is 49.3 Å². The van der Waals surface area contributed by atoms with Crippen LogP contribution in [-0.4, -0.2) is 54.3 Å². The number of ether oxygens (including phenoxy) is 1. The van der Waals surface area contributed by atoms with E-state index in [9.17, 15) is 19.7 Å². The van der Waals surface area contributed by atoms with Crippen molar-refractivity contribution in [1.29, 1.82) is 0 Å². The number of carbonyl (C=O) groups is 2. The molecule has 1 heterocycles. The number of hydrogen-bond donors (Lipinski definition) is 0. The average Bonchev–Trinajstić information content (AvgIpc) is 2.77. The number of nitrogens with zero attached hydrogens (tertiary/aromatic N) is 3. The summed E-state index contributed by atoms with van der Waals surface area (Å²) in [6, 6.07) is 11.6. The molecule has 0 unspecified atom stereocenters.